The largest absolute Gasteiger partial charge is 0.356 e. The molecular formula is C11H14BrNO. The second-order valence-electron chi connectivity index (χ2n) is 3.39. The van der Waals surface area contributed by atoms with E-state index in [0.29, 0.717) is 12.5 Å². The van der Waals surface area contributed by atoms with Gasteiger partial charge in [-0.25, -0.2) is 0 Å². The Morgan fingerprint density at radius 3 is 2.50 bits per heavy atom. The molecule has 76 valence electrons. The zero-order chi connectivity index (χ0) is 10.6. The van der Waals surface area contributed by atoms with Crippen molar-refractivity contribution < 1.29 is 4.79 Å². The minimum atomic E-state index is 0.0222. The number of carbonyl (C=O) groups is 1. The molecule has 0 aliphatic carbocycles. The summed E-state index contributed by atoms with van der Waals surface area (Å²) in [6.07, 6.45) is 0. The molecule has 1 atom stereocenters. The van der Waals surface area contributed by atoms with E-state index in [1.165, 1.54) is 12.5 Å². The molecule has 3 heteroatoms. The average Bonchev–Trinajstić information content (AvgIpc) is 2.15. The van der Waals surface area contributed by atoms with Gasteiger partial charge in [-0.3, -0.25) is 4.79 Å². The fourth-order valence-electron chi connectivity index (χ4n) is 1.21. The molecule has 0 unspecified atom stereocenters. The van der Waals surface area contributed by atoms with Gasteiger partial charge in [0.2, 0.25) is 5.91 Å². The monoisotopic (exact) mass is 255 g/mol. The van der Waals surface area contributed by atoms with Crippen molar-refractivity contribution in [2.75, 3.05) is 6.54 Å². The summed E-state index contributed by atoms with van der Waals surface area (Å²) in [5, 5.41) is 2.81. The first-order chi connectivity index (χ1) is 6.59. The zero-order valence-corrected chi connectivity index (χ0v) is 9.97. The highest BCUT2D eigenvalue weighted by Crippen LogP contribution is 2.17. The van der Waals surface area contributed by atoms with Crippen molar-refractivity contribution in [1.82, 2.24) is 5.32 Å². The lowest BCUT2D eigenvalue weighted by Crippen LogP contribution is -2.24. The van der Waals surface area contributed by atoms with Crippen molar-refractivity contribution in [3.8, 4) is 0 Å². The molecule has 1 aromatic carbocycles. The summed E-state index contributed by atoms with van der Waals surface area (Å²) in [7, 11) is 0. The van der Waals surface area contributed by atoms with E-state index in [-0.39, 0.29) is 5.91 Å². The molecule has 1 N–H and O–H groups in total. The van der Waals surface area contributed by atoms with Crippen LogP contribution in [-0.2, 0) is 4.79 Å². The number of rotatable bonds is 3. The van der Waals surface area contributed by atoms with Gasteiger partial charge < -0.3 is 5.32 Å². The minimum Gasteiger partial charge on any atom is -0.356 e. The molecule has 0 spiro atoms. The quantitative estimate of drug-likeness (QED) is 0.885. The summed E-state index contributed by atoms with van der Waals surface area (Å²) in [5.74, 6) is 0.376. The van der Waals surface area contributed by atoms with Crippen molar-refractivity contribution in [2.45, 2.75) is 19.8 Å². The van der Waals surface area contributed by atoms with Crippen LogP contribution in [0.15, 0.2) is 28.7 Å². The van der Waals surface area contributed by atoms with E-state index in [2.05, 4.69) is 40.3 Å². The highest BCUT2D eigenvalue weighted by molar-refractivity contribution is 9.10. The van der Waals surface area contributed by atoms with Gasteiger partial charge in [-0.15, -0.1) is 0 Å². The van der Waals surface area contributed by atoms with Crippen molar-refractivity contribution in [3.05, 3.63) is 34.3 Å². The third kappa shape index (κ3) is 3.50. The molecule has 0 heterocycles. The predicted molar refractivity (Wildman–Crippen MR) is 61.2 cm³/mol. The Morgan fingerprint density at radius 1 is 1.43 bits per heavy atom. The molecule has 0 fully saturated rings. The van der Waals surface area contributed by atoms with E-state index in [4.69, 9.17) is 0 Å². The van der Waals surface area contributed by atoms with Gasteiger partial charge in [0.25, 0.3) is 0 Å². The van der Waals surface area contributed by atoms with Crippen LogP contribution in [0.2, 0.25) is 0 Å². The highest BCUT2D eigenvalue weighted by Gasteiger charge is 2.05. The Balaban J connectivity index is 2.56. The fourth-order valence-corrected chi connectivity index (χ4v) is 1.47. The van der Waals surface area contributed by atoms with E-state index in [9.17, 15) is 4.79 Å². The summed E-state index contributed by atoms with van der Waals surface area (Å²) in [4.78, 5) is 10.7. The van der Waals surface area contributed by atoms with Crippen LogP contribution in [0.5, 0.6) is 0 Å². The number of hydrogen-bond donors (Lipinski definition) is 1. The van der Waals surface area contributed by atoms with Gasteiger partial charge in [-0.05, 0) is 23.6 Å². The lowest BCUT2D eigenvalue weighted by atomic mass is 10.0. The Labute approximate surface area is 92.8 Å². The maximum Gasteiger partial charge on any atom is 0.216 e. The van der Waals surface area contributed by atoms with Crippen LogP contribution in [0.1, 0.15) is 25.3 Å². The number of carbonyl (C=O) groups excluding carboxylic acids is 1. The van der Waals surface area contributed by atoms with E-state index in [0.717, 1.165) is 4.47 Å². The van der Waals surface area contributed by atoms with E-state index in [1.807, 2.05) is 12.1 Å². The van der Waals surface area contributed by atoms with Crippen LogP contribution < -0.4 is 5.32 Å². The van der Waals surface area contributed by atoms with Crippen molar-refractivity contribution in [3.63, 3.8) is 0 Å². The maximum absolute atomic E-state index is 10.7. The Hall–Kier alpha value is -0.830. The molecule has 0 saturated heterocycles. The highest BCUT2D eigenvalue weighted by atomic mass is 79.9. The van der Waals surface area contributed by atoms with Crippen LogP contribution in [0.4, 0.5) is 0 Å². The third-order valence-electron chi connectivity index (χ3n) is 2.10. The van der Waals surface area contributed by atoms with Gasteiger partial charge in [0.15, 0.2) is 0 Å². The van der Waals surface area contributed by atoms with Crippen LogP contribution in [-0.4, -0.2) is 12.5 Å². The fraction of sp³-hybridized carbons (Fsp3) is 0.364. The standard InChI is InChI=1S/C11H14BrNO/c1-8(7-13-9(2)14)10-3-5-11(12)6-4-10/h3-6,8H,7H2,1-2H3,(H,13,14)/t8-/m0/s1. The maximum atomic E-state index is 10.7. The van der Waals surface area contributed by atoms with E-state index in [1.54, 1.807) is 0 Å². The normalized spacial score (nSPS) is 12.2. The van der Waals surface area contributed by atoms with Gasteiger partial charge in [-0.2, -0.15) is 0 Å². The molecule has 2 nitrogen and oxygen atoms in total. The molecule has 0 radical (unpaired) electrons. The smallest absolute Gasteiger partial charge is 0.216 e. The lowest BCUT2D eigenvalue weighted by Gasteiger charge is -2.11. The van der Waals surface area contributed by atoms with Crippen LogP contribution >= 0.6 is 15.9 Å². The van der Waals surface area contributed by atoms with Crippen molar-refractivity contribution in [1.29, 1.82) is 0 Å². The molecule has 0 aliphatic rings. The molecule has 0 aromatic heterocycles. The Morgan fingerprint density at radius 2 is 2.00 bits per heavy atom. The molecule has 0 saturated carbocycles. The van der Waals surface area contributed by atoms with Crippen LogP contribution in [0.3, 0.4) is 0 Å². The molecule has 0 bridgehead atoms. The van der Waals surface area contributed by atoms with E-state index >= 15 is 0 Å². The topological polar surface area (TPSA) is 29.1 Å². The molecule has 1 amide bonds. The van der Waals surface area contributed by atoms with E-state index < -0.39 is 0 Å². The average molecular weight is 256 g/mol. The summed E-state index contributed by atoms with van der Waals surface area (Å²) >= 11 is 3.39. The SMILES string of the molecule is CC(=O)NC[C@H](C)c1ccc(Br)cc1. The molecule has 14 heavy (non-hydrogen) atoms. The molecule has 1 rings (SSSR count). The first-order valence-electron chi connectivity index (χ1n) is 4.59. The molecular weight excluding hydrogens is 242 g/mol. The summed E-state index contributed by atoms with van der Waals surface area (Å²) in [6, 6.07) is 8.16. The van der Waals surface area contributed by atoms with Gasteiger partial charge in [0.1, 0.15) is 0 Å². The van der Waals surface area contributed by atoms with Gasteiger partial charge >= 0.3 is 0 Å². The predicted octanol–water partition coefficient (Wildman–Crippen LogP) is 2.69. The summed E-state index contributed by atoms with van der Waals surface area (Å²) in [6.45, 7) is 4.32. The Bertz CT molecular complexity index is 308. The number of hydrogen-bond acceptors (Lipinski definition) is 1. The molecule has 0 aliphatic heterocycles. The number of amides is 1. The van der Waals surface area contributed by atoms with Crippen LogP contribution in [0.25, 0.3) is 0 Å². The number of benzene rings is 1. The van der Waals surface area contributed by atoms with Gasteiger partial charge in [0.05, 0.1) is 0 Å². The second kappa shape index (κ2) is 5.15. The number of halogens is 1. The van der Waals surface area contributed by atoms with Crippen molar-refractivity contribution >= 4 is 21.8 Å². The summed E-state index contributed by atoms with van der Waals surface area (Å²) in [5.41, 5.74) is 1.24. The number of nitrogens with one attached hydrogen (secondary N) is 1. The third-order valence-corrected chi connectivity index (χ3v) is 2.62. The lowest BCUT2D eigenvalue weighted by molar-refractivity contribution is -0.119. The minimum absolute atomic E-state index is 0.0222. The first kappa shape index (κ1) is 11.2. The Kier molecular flexibility index (Phi) is 4.14. The van der Waals surface area contributed by atoms with Gasteiger partial charge in [0, 0.05) is 17.9 Å². The van der Waals surface area contributed by atoms with Crippen LogP contribution in [0, 0.1) is 0 Å². The first-order valence-corrected chi connectivity index (χ1v) is 5.39. The van der Waals surface area contributed by atoms with Gasteiger partial charge in [-0.1, -0.05) is 35.0 Å². The summed E-state index contributed by atoms with van der Waals surface area (Å²) < 4.78 is 1.08. The molecule has 1 aromatic rings. The van der Waals surface area contributed by atoms with Crippen molar-refractivity contribution in [2.24, 2.45) is 0 Å². The second-order valence-corrected chi connectivity index (χ2v) is 4.31. The zero-order valence-electron chi connectivity index (χ0n) is 8.38.